The van der Waals surface area contributed by atoms with Crippen LogP contribution in [0.4, 0.5) is 0 Å². The van der Waals surface area contributed by atoms with Crippen LogP contribution in [0.15, 0.2) is 23.1 Å². The fourth-order valence-electron chi connectivity index (χ4n) is 1.57. The summed E-state index contributed by atoms with van der Waals surface area (Å²) in [4.78, 5) is 15.9. The summed E-state index contributed by atoms with van der Waals surface area (Å²) in [6.07, 6.45) is 3.20. The number of aryl methyl sites for hydroxylation is 2. The minimum atomic E-state index is -0.0646. The van der Waals surface area contributed by atoms with Crippen molar-refractivity contribution < 1.29 is 9.21 Å². The van der Waals surface area contributed by atoms with Gasteiger partial charge in [0.05, 0.1) is 12.7 Å². The third-order valence-corrected chi connectivity index (χ3v) is 2.43. The van der Waals surface area contributed by atoms with Gasteiger partial charge >= 0.3 is 0 Å². The van der Waals surface area contributed by atoms with E-state index in [0.717, 1.165) is 5.56 Å². The Labute approximate surface area is 93.1 Å². The maximum atomic E-state index is 11.9. The van der Waals surface area contributed by atoms with Gasteiger partial charge in [-0.25, -0.2) is 9.67 Å². The zero-order valence-corrected chi connectivity index (χ0v) is 9.30. The van der Waals surface area contributed by atoms with Gasteiger partial charge in [-0.1, -0.05) is 0 Å². The molecule has 0 amide bonds. The van der Waals surface area contributed by atoms with Crippen LogP contribution in [0.1, 0.15) is 28.9 Å². The summed E-state index contributed by atoms with van der Waals surface area (Å²) in [5, 5.41) is 4.01. The van der Waals surface area contributed by atoms with Crippen LogP contribution in [0.25, 0.3) is 0 Å². The summed E-state index contributed by atoms with van der Waals surface area (Å²) in [5.41, 5.74) is 0.854. The highest BCUT2D eigenvalue weighted by Crippen LogP contribution is 2.11. The first-order valence-electron chi connectivity index (χ1n) is 5.16. The smallest absolute Gasteiger partial charge is 0.205 e. The fraction of sp³-hybridized carbons (Fsp3) is 0.364. The van der Waals surface area contributed by atoms with Crippen molar-refractivity contribution in [3.63, 3.8) is 0 Å². The molecule has 0 atom stereocenters. The number of rotatable bonds is 4. The monoisotopic (exact) mass is 219 g/mol. The molecule has 0 fully saturated rings. The standard InChI is InChI=1S/C11H13N3O2/c1-3-14-10(12-7-13-14)6-9(15)11-8(2)4-5-16-11/h4-5,7H,3,6H2,1-2H3. The van der Waals surface area contributed by atoms with Gasteiger partial charge in [-0.15, -0.1) is 0 Å². The molecule has 2 heterocycles. The Kier molecular flexibility index (Phi) is 2.85. The zero-order chi connectivity index (χ0) is 11.5. The van der Waals surface area contributed by atoms with E-state index >= 15 is 0 Å². The van der Waals surface area contributed by atoms with Crippen molar-refractivity contribution in [1.29, 1.82) is 0 Å². The van der Waals surface area contributed by atoms with Crippen molar-refractivity contribution in [2.24, 2.45) is 0 Å². The molecule has 2 rings (SSSR count). The van der Waals surface area contributed by atoms with Crippen molar-refractivity contribution >= 4 is 5.78 Å². The number of nitrogens with zero attached hydrogens (tertiary/aromatic N) is 3. The molecule has 0 aliphatic rings. The van der Waals surface area contributed by atoms with Crippen molar-refractivity contribution in [2.75, 3.05) is 0 Å². The molecule has 2 aromatic rings. The van der Waals surface area contributed by atoms with Crippen LogP contribution < -0.4 is 0 Å². The largest absolute Gasteiger partial charge is 0.461 e. The van der Waals surface area contributed by atoms with Gasteiger partial charge in [-0.3, -0.25) is 4.79 Å². The van der Waals surface area contributed by atoms with E-state index in [4.69, 9.17) is 4.42 Å². The first kappa shape index (κ1) is 10.6. The number of hydrogen-bond acceptors (Lipinski definition) is 4. The highest BCUT2D eigenvalue weighted by Gasteiger charge is 2.16. The molecule has 2 aromatic heterocycles. The number of aromatic nitrogens is 3. The van der Waals surface area contributed by atoms with Gasteiger partial charge < -0.3 is 4.42 Å². The van der Waals surface area contributed by atoms with Crippen LogP contribution >= 0.6 is 0 Å². The van der Waals surface area contributed by atoms with Crippen molar-refractivity contribution in [1.82, 2.24) is 14.8 Å². The first-order chi connectivity index (χ1) is 7.72. The van der Waals surface area contributed by atoms with Crippen LogP contribution in [-0.4, -0.2) is 20.5 Å². The molecular formula is C11H13N3O2. The number of Topliss-reactive ketones (excluding diaryl/α,β-unsaturated/α-hetero) is 1. The average Bonchev–Trinajstić information content (AvgIpc) is 2.86. The molecule has 0 aromatic carbocycles. The highest BCUT2D eigenvalue weighted by atomic mass is 16.3. The number of carbonyl (C=O) groups excluding carboxylic acids is 1. The third kappa shape index (κ3) is 1.88. The van der Waals surface area contributed by atoms with Crippen LogP contribution in [0, 0.1) is 6.92 Å². The van der Waals surface area contributed by atoms with Gasteiger partial charge in [0.2, 0.25) is 5.78 Å². The van der Waals surface area contributed by atoms with Gasteiger partial charge in [0.25, 0.3) is 0 Å². The second-order valence-corrected chi connectivity index (χ2v) is 3.52. The molecule has 0 saturated carbocycles. The van der Waals surface area contributed by atoms with E-state index in [9.17, 15) is 4.79 Å². The molecule has 0 bridgehead atoms. The summed E-state index contributed by atoms with van der Waals surface area (Å²) in [6.45, 7) is 4.52. The SMILES string of the molecule is CCn1ncnc1CC(=O)c1occc1C. The lowest BCUT2D eigenvalue weighted by Gasteiger charge is -2.01. The summed E-state index contributed by atoms with van der Waals surface area (Å²) in [5.74, 6) is 1.01. The highest BCUT2D eigenvalue weighted by molar-refractivity contribution is 5.95. The lowest BCUT2D eigenvalue weighted by Crippen LogP contribution is -2.10. The van der Waals surface area contributed by atoms with Crippen molar-refractivity contribution in [3.8, 4) is 0 Å². The number of hydrogen-bond donors (Lipinski definition) is 0. The first-order valence-corrected chi connectivity index (χ1v) is 5.16. The third-order valence-electron chi connectivity index (χ3n) is 2.43. The molecule has 0 radical (unpaired) electrons. The van der Waals surface area contributed by atoms with Crippen LogP contribution in [0.2, 0.25) is 0 Å². The quantitative estimate of drug-likeness (QED) is 0.733. The summed E-state index contributed by atoms with van der Waals surface area (Å²) in [7, 11) is 0. The van der Waals surface area contributed by atoms with Crippen molar-refractivity contribution in [3.05, 3.63) is 35.8 Å². The van der Waals surface area contributed by atoms with Crippen LogP contribution in [0.5, 0.6) is 0 Å². The molecule has 84 valence electrons. The Morgan fingerprint density at radius 3 is 3.00 bits per heavy atom. The Hall–Kier alpha value is -1.91. The lowest BCUT2D eigenvalue weighted by molar-refractivity contribution is 0.0962. The lowest BCUT2D eigenvalue weighted by atomic mass is 10.1. The summed E-state index contributed by atoms with van der Waals surface area (Å²) >= 11 is 0. The van der Waals surface area contributed by atoms with E-state index in [0.29, 0.717) is 18.1 Å². The molecule has 5 nitrogen and oxygen atoms in total. The van der Waals surface area contributed by atoms with Crippen LogP contribution in [0.3, 0.4) is 0 Å². The van der Waals surface area contributed by atoms with Gasteiger partial charge in [0.1, 0.15) is 12.2 Å². The second-order valence-electron chi connectivity index (χ2n) is 3.52. The molecule has 0 spiro atoms. The molecule has 0 unspecified atom stereocenters. The second kappa shape index (κ2) is 4.30. The maximum Gasteiger partial charge on any atom is 0.205 e. The molecule has 0 N–H and O–H groups in total. The van der Waals surface area contributed by atoms with E-state index in [1.807, 2.05) is 13.8 Å². The average molecular weight is 219 g/mol. The molecule has 5 heteroatoms. The maximum absolute atomic E-state index is 11.9. The Balaban J connectivity index is 2.17. The van der Waals surface area contributed by atoms with Crippen LogP contribution in [-0.2, 0) is 13.0 Å². The van der Waals surface area contributed by atoms with Crippen molar-refractivity contribution in [2.45, 2.75) is 26.8 Å². The van der Waals surface area contributed by atoms with Gasteiger partial charge in [-0.05, 0) is 25.5 Å². The molecule has 0 aliphatic heterocycles. The summed E-state index contributed by atoms with van der Waals surface area (Å²) < 4.78 is 6.85. The Morgan fingerprint density at radius 2 is 2.38 bits per heavy atom. The molecule has 16 heavy (non-hydrogen) atoms. The molecule has 0 saturated heterocycles. The molecular weight excluding hydrogens is 206 g/mol. The van der Waals surface area contributed by atoms with Gasteiger partial charge in [-0.2, -0.15) is 5.10 Å². The normalized spacial score (nSPS) is 10.6. The van der Waals surface area contributed by atoms with Gasteiger partial charge in [0, 0.05) is 6.54 Å². The van der Waals surface area contributed by atoms with E-state index in [-0.39, 0.29) is 12.2 Å². The fourth-order valence-corrected chi connectivity index (χ4v) is 1.57. The predicted octanol–water partition coefficient (Wildman–Crippen LogP) is 1.62. The van der Waals surface area contributed by atoms with Gasteiger partial charge in [0.15, 0.2) is 5.76 Å². The van der Waals surface area contributed by atoms with E-state index in [1.165, 1.54) is 12.6 Å². The number of furan rings is 1. The Morgan fingerprint density at radius 1 is 1.56 bits per heavy atom. The van der Waals surface area contributed by atoms with E-state index in [2.05, 4.69) is 10.1 Å². The topological polar surface area (TPSA) is 60.9 Å². The number of ketones is 1. The minimum Gasteiger partial charge on any atom is -0.461 e. The van der Waals surface area contributed by atoms with E-state index < -0.39 is 0 Å². The number of carbonyl (C=O) groups is 1. The van der Waals surface area contributed by atoms with E-state index in [1.54, 1.807) is 10.7 Å². The Bertz CT molecular complexity index is 499. The minimum absolute atomic E-state index is 0.0646. The zero-order valence-electron chi connectivity index (χ0n) is 9.30. The predicted molar refractivity (Wildman–Crippen MR) is 57.2 cm³/mol. The summed E-state index contributed by atoms with van der Waals surface area (Å²) in [6, 6.07) is 1.78. The molecule has 0 aliphatic carbocycles.